The second kappa shape index (κ2) is 9.44. The summed E-state index contributed by atoms with van der Waals surface area (Å²) in [7, 11) is -5.61. The minimum Gasteiger partial charge on any atom is -0.395 e. The Labute approximate surface area is 198 Å². The highest BCUT2D eigenvalue weighted by Gasteiger charge is 2.47. The molecule has 32 heavy (non-hydrogen) atoms. The summed E-state index contributed by atoms with van der Waals surface area (Å²) in [6.07, 6.45) is 2.72. The first kappa shape index (κ1) is 29.8. The summed E-state index contributed by atoms with van der Waals surface area (Å²) in [5, 5.41) is 9.85. The molecule has 1 saturated carbocycles. The van der Waals surface area contributed by atoms with Gasteiger partial charge in [-0.15, -0.1) is 0 Å². The lowest BCUT2D eigenvalue weighted by atomic mass is 9.85. The van der Waals surface area contributed by atoms with Gasteiger partial charge in [0, 0.05) is 19.6 Å². The van der Waals surface area contributed by atoms with Gasteiger partial charge in [-0.05, 0) is 71.1 Å². The zero-order valence-corrected chi connectivity index (χ0v) is 23.8. The Morgan fingerprint density at radius 3 is 1.66 bits per heavy atom. The van der Waals surface area contributed by atoms with E-state index in [9.17, 15) is 21.9 Å². The summed E-state index contributed by atoms with van der Waals surface area (Å²) in [5.74, 6) is 0. The van der Waals surface area contributed by atoms with Crippen molar-refractivity contribution in [3.8, 4) is 0 Å². The molecule has 1 N–H and O–H groups in total. The number of aliphatic hydroxyl groups excluding tert-OH is 1. The first-order valence-electron chi connectivity index (χ1n) is 11.6. The van der Waals surface area contributed by atoms with Gasteiger partial charge in [-0.2, -0.15) is 8.61 Å². The summed E-state index contributed by atoms with van der Waals surface area (Å²) in [4.78, 5) is 0. The van der Waals surface area contributed by atoms with Crippen LogP contribution in [0.3, 0.4) is 0 Å². The van der Waals surface area contributed by atoms with E-state index in [1.165, 1.54) is 4.31 Å². The molecule has 7 nitrogen and oxygen atoms in total. The third-order valence-corrected chi connectivity index (χ3v) is 11.9. The van der Waals surface area contributed by atoms with Crippen molar-refractivity contribution in [1.82, 2.24) is 8.61 Å². The first-order chi connectivity index (χ1) is 14.0. The maximum absolute atomic E-state index is 13.5. The van der Waals surface area contributed by atoms with Crippen LogP contribution in [0.25, 0.3) is 0 Å². The molecule has 1 fully saturated rings. The first-order valence-corrected chi connectivity index (χ1v) is 14.5. The molecule has 1 aliphatic carbocycles. The van der Waals surface area contributed by atoms with Crippen molar-refractivity contribution in [2.75, 3.05) is 20.2 Å². The molecule has 0 bridgehead atoms. The van der Waals surface area contributed by atoms with E-state index in [-0.39, 0.29) is 18.1 Å². The van der Waals surface area contributed by atoms with Crippen LogP contribution in [-0.4, -0.2) is 72.3 Å². The number of hydrogen-bond acceptors (Lipinski definition) is 5. The molecule has 0 amide bonds. The lowest BCUT2D eigenvalue weighted by Crippen LogP contribution is -2.53. The molecule has 1 atom stereocenters. The van der Waals surface area contributed by atoms with Crippen LogP contribution < -0.4 is 0 Å². The zero-order valence-electron chi connectivity index (χ0n) is 22.2. The van der Waals surface area contributed by atoms with Gasteiger partial charge < -0.3 is 5.11 Å². The predicted octanol–water partition coefficient (Wildman–Crippen LogP) is 3.83. The summed E-state index contributed by atoms with van der Waals surface area (Å²) < 4.78 is 54.3. The third-order valence-electron chi connectivity index (χ3n) is 6.71. The highest BCUT2D eigenvalue weighted by molar-refractivity contribution is 7.90. The largest absolute Gasteiger partial charge is 0.395 e. The molecular formula is C23H48N2O5S2. The standard InChI is InChI=1S/C23H48N2O5S2/c1-20(2,3)19(16-26)24(11)32(29,30)23(9,10)15-14-22(7,8)17-25(18-12-13-18)31(27,28)21(4,5)6/h18-19,26H,12-17H2,1-11H3/t19-/m0/s1. The molecule has 0 unspecified atom stereocenters. The number of likely N-dealkylation sites (N-methyl/N-ethyl adjacent to an activating group) is 1. The van der Waals surface area contributed by atoms with Crippen molar-refractivity contribution in [3.05, 3.63) is 0 Å². The quantitative estimate of drug-likeness (QED) is 0.469. The molecule has 1 aliphatic rings. The molecule has 0 heterocycles. The van der Waals surface area contributed by atoms with Crippen LogP contribution in [-0.2, 0) is 20.0 Å². The minimum atomic E-state index is -3.70. The Hall–Kier alpha value is -0.220. The zero-order chi connectivity index (χ0) is 25.6. The van der Waals surface area contributed by atoms with Gasteiger partial charge in [-0.25, -0.2) is 16.8 Å². The fourth-order valence-electron chi connectivity index (χ4n) is 3.89. The Morgan fingerprint density at radius 2 is 1.31 bits per heavy atom. The predicted molar refractivity (Wildman–Crippen MR) is 133 cm³/mol. The molecular weight excluding hydrogens is 448 g/mol. The monoisotopic (exact) mass is 496 g/mol. The Balaban J connectivity index is 3.04. The van der Waals surface area contributed by atoms with E-state index in [1.54, 1.807) is 46.0 Å². The van der Waals surface area contributed by atoms with Gasteiger partial charge in [-0.3, -0.25) is 0 Å². The van der Waals surface area contributed by atoms with Crippen molar-refractivity contribution < 1.29 is 21.9 Å². The van der Waals surface area contributed by atoms with Crippen molar-refractivity contribution in [2.24, 2.45) is 10.8 Å². The summed E-state index contributed by atoms with van der Waals surface area (Å²) >= 11 is 0. The average Bonchev–Trinajstić information content (AvgIpc) is 3.41. The maximum atomic E-state index is 13.5. The normalized spacial score (nSPS) is 18.4. The van der Waals surface area contributed by atoms with Gasteiger partial charge >= 0.3 is 0 Å². The fourth-order valence-corrected chi connectivity index (χ4v) is 7.57. The smallest absolute Gasteiger partial charge is 0.219 e. The lowest BCUT2D eigenvalue weighted by molar-refractivity contribution is 0.113. The van der Waals surface area contributed by atoms with Gasteiger partial charge in [0.1, 0.15) is 0 Å². The molecule has 0 radical (unpaired) electrons. The third kappa shape index (κ3) is 6.68. The number of aliphatic hydroxyl groups is 1. The van der Waals surface area contributed by atoms with Crippen LogP contribution >= 0.6 is 0 Å². The van der Waals surface area contributed by atoms with Crippen LogP contribution in [0.4, 0.5) is 0 Å². The Morgan fingerprint density at radius 1 is 0.844 bits per heavy atom. The highest BCUT2D eigenvalue weighted by Crippen LogP contribution is 2.39. The number of nitrogens with zero attached hydrogens (tertiary/aromatic N) is 2. The van der Waals surface area contributed by atoms with Crippen molar-refractivity contribution >= 4 is 20.0 Å². The maximum Gasteiger partial charge on any atom is 0.219 e. The van der Waals surface area contributed by atoms with Crippen molar-refractivity contribution in [1.29, 1.82) is 0 Å². The summed E-state index contributed by atoms with van der Waals surface area (Å²) in [6, 6.07) is -0.472. The SMILES string of the molecule is CN([C@@H](CO)C(C)(C)C)S(=O)(=O)C(C)(C)CCC(C)(C)CN(C1CC1)S(=O)(=O)C(C)(C)C. The van der Waals surface area contributed by atoms with E-state index in [4.69, 9.17) is 0 Å². The van der Waals surface area contributed by atoms with Gasteiger partial charge in [0.25, 0.3) is 0 Å². The average molecular weight is 497 g/mol. The topological polar surface area (TPSA) is 95.0 Å². The number of sulfonamides is 2. The van der Waals surface area contributed by atoms with Gasteiger partial charge in [0.15, 0.2) is 0 Å². The second-order valence-electron chi connectivity index (χ2n) is 12.9. The van der Waals surface area contributed by atoms with Crippen LogP contribution in [0.2, 0.25) is 0 Å². The van der Waals surface area contributed by atoms with E-state index in [1.807, 2.05) is 34.6 Å². The van der Waals surface area contributed by atoms with Gasteiger partial charge in [-0.1, -0.05) is 34.6 Å². The van der Waals surface area contributed by atoms with Crippen LogP contribution in [0.15, 0.2) is 0 Å². The van der Waals surface area contributed by atoms with Crippen LogP contribution in [0, 0.1) is 10.8 Å². The Bertz CT molecular complexity index is 846. The summed E-state index contributed by atoms with van der Waals surface area (Å²) in [5.41, 5.74) is -0.787. The van der Waals surface area contributed by atoms with Crippen molar-refractivity contribution in [2.45, 2.75) is 116 Å². The lowest BCUT2D eigenvalue weighted by Gasteiger charge is -2.41. The fraction of sp³-hybridized carbons (Fsp3) is 1.00. The molecule has 9 heteroatoms. The molecule has 192 valence electrons. The van der Waals surface area contributed by atoms with E-state index in [2.05, 4.69) is 0 Å². The molecule has 0 aromatic carbocycles. The molecule has 0 spiro atoms. The molecule has 1 rings (SSSR count). The van der Waals surface area contributed by atoms with Crippen LogP contribution in [0.5, 0.6) is 0 Å². The van der Waals surface area contributed by atoms with E-state index >= 15 is 0 Å². The van der Waals surface area contributed by atoms with E-state index < -0.39 is 41.0 Å². The molecule has 0 aromatic heterocycles. The highest BCUT2D eigenvalue weighted by atomic mass is 32.2. The Kier molecular flexibility index (Phi) is 8.79. The number of rotatable bonds is 11. The minimum absolute atomic E-state index is 0.0541. The van der Waals surface area contributed by atoms with Crippen molar-refractivity contribution in [3.63, 3.8) is 0 Å². The van der Waals surface area contributed by atoms with Gasteiger partial charge in [0.2, 0.25) is 20.0 Å². The van der Waals surface area contributed by atoms with Crippen LogP contribution in [0.1, 0.15) is 94.9 Å². The summed E-state index contributed by atoms with van der Waals surface area (Å²) in [6.45, 7) is 18.5. The molecule has 0 aromatic rings. The second-order valence-corrected chi connectivity index (χ2v) is 18.2. The van der Waals surface area contributed by atoms with E-state index in [0.29, 0.717) is 19.4 Å². The van der Waals surface area contributed by atoms with E-state index in [0.717, 1.165) is 12.8 Å². The molecule has 0 aliphatic heterocycles. The number of hydrogen-bond donors (Lipinski definition) is 1. The molecule has 0 saturated heterocycles. The van der Waals surface area contributed by atoms with Gasteiger partial charge in [0.05, 0.1) is 22.1 Å².